The molecule has 1 aliphatic heterocycles. The third kappa shape index (κ3) is 3.24. The number of benzene rings is 1. The van der Waals surface area contributed by atoms with Crippen molar-refractivity contribution < 1.29 is 9.32 Å². The second kappa shape index (κ2) is 6.74. The van der Waals surface area contributed by atoms with Crippen LogP contribution in [0.3, 0.4) is 0 Å². The number of aromatic nitrogens is 3. The fourth-order valence-electron chi connectivity index (χ4n) is 3.63. The van der Waals surface area contributed by atoms with Gasteiger partial charge in [-0.3, -0.25) is 9.59 Å². The van der Waals surface area contributed by atoms with Gasteiger partial charge in [0.1, 0.15) is 5.82 Å². The predicted molar refractivity (Wildman–Crippen MR) is 102 cm³/mol. The van der Waals surface area contributed by atoms with E-state index in [-0.39, 0.29) is 17.2 Å². The van der Waals surface area contributed by atoms with E-state index in [1.807, 2.05) is 30.3 Å². The first-order valence-corrected chi connectivity index (χ1v) is 9.60. The maximum atomic E-state index is 12.9. The van der Waals surface area contributed by atoms with Crippen LogP contribution in [0, 0.1) is 5.92 Å². The van der Waals surface area contributed by atoms with E-state index in [1.165, 1.54) is 12.8 Å². The number of carbonyl (C=O) groups is 1. The van der Waals surface area contributed by atoms with Crippen LogP contribution in [0.4, 0.5) is 0 Å². The van der Waals surface area contributed by atoms with E-state index in [0.29, 0.717) is 42.4 Å². The van der Waals surface area contributed by atoms with E-state index in [1.54, 1.807) is 11.0 Å². The summed E-state index contributed by atoms with van der Waals surface area (Å²) in [6.07, 6.45) is 3.69. The van der Waals surface area contributed by atoms with Crippen LogP contribution >= 0.6 is 0 Å². The molecule has 0 atom stereocenters. The van der Waals surface area contributed by atoms with E-state index in [9.17, 15) is 9.59 Å². The van der Waals surface area contributed by atoms with Crippen LogP contribution in [0.1, 0.15) is 40.4 Å². The molecule has 28 heavy (non-hydrogen) atoms. The minimum absolute atomic E-state index is 0.0689. The number of fused-ring (bicyclic) bond motifs is 1. The SMILES string of the molecule is O=C(c1cc(-c2ccccc2)on1)N1CCc2c(nc(CC3CC3)[nH]c2=O)C1. The highest BCUT2D eigenvalue weighted by atomic mass is 16.5. The van der Waals surface area contributed by atoms with Crippen LogP contribution in [0.25, 0.3) is 11.3 Å². The van der Waals surface area contributed by atoms with Gasteiger partial charge in [0.05, 0.1) is 12.2 Å². The van der Waals surface area contributed by atoms with E-state index in [2.05, 4.69) is 15.1 Å². The summed E-state index contributed by atoms with van der Waals surface area (Å²) in [5.74, 6) is 1.72. The first-order chi connectivity index (χ1) is 13.7. The lowest BCUT2D eigenvalue weighted by Gasteiger charge is -2.27. The molecule has 7 nitrogen and oxygen atoms in total. The molecule has 5 rings (SSSR count). The fourth-order valence-corrected chi connectivity index (χ4v) is 3.63. The Balaban J connectivity index is 1.37. The Bertz CT molecular complexity index is 1080. The molecule has 0 bridgehead atoms. The molecule has 1 fully saturated rings. The lowest BCUT2D eigenvalue weighted by molar-refractivity contribution is 0.0720. The van der Waals surface area contributed by atoms with Gasteiger partial charge in [-0.25, -0.2) is 4.98 Å². The Kier molecular flexibility index (Phi) is 4.07. The average Bonchev–Trinajstić information content (AvgIpc) is 3.39. The normalized spacial score (nSPS) is 16.1. The zero-order valence-electron chi connectivity index (χ0n) is 15.4. The number of hydrogen-bond acceptors (Lipinski definition) is 5. The smallest absolute Gasteiger partial charge is 0.276 e. The van der Waals surface area contributed by atoms with Crippen LogP contribution in [-0.4, -0.2) is 32.5 Å². The number of amides is 1. The molecule has 3 aromatic rings. The highest BCUT2D eigenvalue weighted by Gasteiger charge is 2.28. The maximum absolute atomic E-state index is 12.9. The lowest BCUT2D eigenvalue weighted by Crippen LogP contribution is -2.39. The summed E-state index contributed by atoms with van der Waals surface area (Å²) >= 11 is 0. The van der Waals surface area contributed by atoms with E-state index < -0.39 is 0 Å². The van der Waals surface area contributed by atoms with E-state index >= 15 is 0 Å². The van der Waals surface area contributed by atoms with Crippen molar-refractivity contribution in [3.63, 3.8) is 0 Å². The van der Waals surface area contributed by atoms with Crippen molar-refractivity contribution in [2.45, 2.75) is 32.2 Å². The molecule has 2 aromatic heterocycles. The molecule has 0 radical (unpaired) electrons. The molecule has 1 amide bonds. The summed E-state index contributed by atoms with van der Waals surface area (Å²) in [6, 6.07) is 11.2. The molecule has 0 spiro atoms. The fraction of sp³-hybridized carbons (Fsp3) is 0.333. The van der Waals surface area contributed by atoms with Crippen molar-refractivity contribution in [1.29, 1.82) is 0 Å². The minimum atomic E-state index is -0.206. The van der Waals surface area contributed by atoms with Crippen molar-refractivity contribution >= 4 is 5.91 Å². The zero-order chi connectivity index (χ0) is 19.1. The van der Waals surface area contributed by atoms with Crippen molar-refractivity contribution in [3.8, 4) is 11.3 Å². The molecule has 1 aromatic carbocycles. The topological polar surface area (TPSA) is 92.1 Å². The maximum Gasteiger partial charge on any atom is 0.276 e. The monoisotopic (exact) mass is 376 g/mol. The van der Waals surface area contributed by atoms with Crippen LogP contribution in [0.2, 0.25) is 0 Å². The quantitative estimate of drug-likeness (QED) is 0.756. The second-order valence-corrected chi connectivity index (χ2v) is 7.50. The minimum Gasteiger partial charge on any atom is -0.355 e. The van der Waals surface area contributed by atoms with Gasteiger partial charge in [-0.1, -0.05) is 35.5 Å². The van der Waals surface area contributed by atoms with Crippen LogP contribution in [0.5, 0.6) is 0 Å². The molecule has 2 aliphatic rings. The molecular formula is C21H20N4O3. The Morgan fingerprint density at radius 1 is 1.25 bits per heavy atom. The number of carbonyl (C=O) groups excluding carboxylic acids is 1. The number of rotatable bonds is 4. The van der Waals surface area contributed by atoms with Crippen molar-refractivity contribution in [2.75, 3.05) is 6.54 Å². The molecule has 0 saturated heterocycles. The predicted octanol–water partition coefficient (Wildman–Crippen LogP) is 2.58. The van der Waals surface area contributed by atoms with Crippen molar-refractivity contribution in [1.82, 2.24) is 20.0 Å². The van der Waals surface area contributed by atoms with Crippen LogP contribution < -0.4 is 5.56 Å². The van der Waals surface area contributed by atoms with Crippen molar-refractivity contribution in [3.05, 3.63) is 69.5 Å². The van der Waals surface area contributed by atoms with E-state index in [0.717, 1.165) is 17.8 Å². The number of hydrogen-bond donors (Lipinski definition) is 1. The standard InChI is InChI=1S/C21H20N4O3/c26-20-15-8-9-25(12-17(15)22-19(23-20)10-13-6-7-13)21(27)16-11-18(28-24-16)14-4-2-1-3-5-14/h1-5,11,13H,6-10,12H2,(H,22,23,26). The van der Waals surface area contributed by atoms with Gasteiger partial charge in [-0.05, 0) is 25.2 Å². The molecular weight excluding hydrogens is 356 g/mol. The summed E-state index contributed by atoms with van der Waals surface area (Å²) in [5, 5.41) is 3.95. The van der Waals surface area contributed by atoms with Crippen LogP contribution in [0.15, 0.2) is 45.7 Å². The van der Waals surface area contributed by atoms with Gasteiger partial charge in [-0.15, -0.1) is 0 Å². The molecule has 1 aliphatic carbocycles. The molecule has 1 saturated carbocycles. The largest absolute Gasteiger partial charge is 0.355 e. The molecule has 142 valence electrons. The van der Waals surface area contributed by atoms with Gasteiger partial charge >= 0.3 is 0 Å². The third-order valence-corrected chi connectivity index (χ3v) is 5.38. The first kappa shape index (κ1) is 16.9. The molecule has 0 unspecified atom stereocenters. The summed E-state index contributed by atoms with van der Waals surface area (Å²) in [4.78, 5) is 34.5. The molecule has 1 N–H and O–H groups in total. The zero-order valence-corrected chi connectivity index (χ0v) is 15.4. The van der Waals surface area contributed by atoms with E-state index in [4.69, 9.17) is 4.52 Å². The Hall–Kier alpha value is -3.22. The Labute approximate surface area is 161 Å². The molecule has 7 heteroatoms. The highest BCUT2D eigenvalue weighted by Crippen LogP contribution is 2.31. The number of nitrogens with one attached hydrogen (secondary N) is 1. The van der Waals surface area contributed by atoms with Gasteiger partial charge in [-0.2, -0.15) is 0 Å². The van der Waals surface area contributed by atoms with Crippen LogP contribution in [-0.2, 0) is 19.4 Å². The summed E-state index contributed by atoms with van der Waals surface area (Å²) in [6.45, 7) is 0.787. The van der Waals surface area contributed by atoms with Gasteiger partial charge in [0.25, 0.3) is 11.5 Å². The summed E-state index contributed by atoms with van der Waals surface area (Å²) in [5.41, 5.74) is 2.46. The first-order valence-electron chi connectivity index (χ1n) is 9.60. The van der Waals surface area contributed by atoms with Crippen molar-refractivity contribution in [2.24, 2.45) is 5.92 Å². The third-order valence-electron chi connectivity index (χ3n) is 5.38. The lowest BCUT2D eigenvalue weighted by atomic mass is 10.1. The second-order valence-electron chi connectivity index (χ2n) is 7.50. The number of aromatic amines is 1. The van der Waals surface area contributed by atoms with Gasteiger partial charge in [0.15, 0.2) is 11.5 Å². The summed E-state index contributed by atoms with van der Waals surface area (Å²) in [7, 11) is 0. The van der Waals surface area contributed by atoms with Gasteiger partial charge in [0.2, 0.25) is 0 Å². The Morgan fingerprint density at radius 3 is 2.86 bits per heavy atom. The highest BCUT2D eigenvalue weighted by molar-refractivity contribution is 5.93. The van der Waals surface area contributed by atoms with Gasteiger partial charge in [0, 0.05) is 30.2 Å². The Morgan fingerprint density at radius 2 is 2.07 bits per heavy atom. The average molecular weight is 376 g/mol. The van der Waals surface area contributed by atoms with Gasteiger partial charge < -0.3 is 14.4 Å². The number of H-pyrrole nitrogens is 1. The number of nitrogens with zero attached hydrogens (tertiary/aromatic N) is 3. The molecule has 3 heterocycles. The summed E-state index contributed by atoms with van der Waals surface area (Å²) < 4.78 is 5.35.